The summed E-state index contributed by atoms with van der Waals surface area (Å²) in [7, 11) is 1.62. The highest BCUT2D eigenvalue weighted by atomic mass is 32.1. The van der Waals surface area contributed by atoms with Gasteiger partial charge in [0, 0.05) is 38.1 Å². The highest BCUT2D eigenvalue weighted by Gasteiger charge is 2.25. The third-order valence-corrected chi connectivity index (χ3v) is 6.30. The Morgan fingerprint density at radius 1 is 1.03 bits per heavy atom. The minimum atomic E-state index is -0.0735. The molecular formula is C24H26N4O3S. The fourth-order valence-corrected chi connectivity index (χ4v) is 4.47. The maximum Gasteiger partial charge on any atom is 0.273 e. The van der Waals surface area contributed by atoms with Gasteiger partial charge in [-0.1, -0.05) is 42.5 Å². The second-order valence-corrected chi connectivity index (χ2v) is 8.43. The number of carbonyl (C=O) groups is 2. The van der Waals surface area contributed by atoms with Crippen LogP contribution in [0.2, 0.25) is 0 Å². The van der Waals surface area contributed by atoms with Crippen LogP contribution in [-0.4, -0.2) is 66.4 Å². The zero-order chi connectivity index (χ0) is 22.3. The van der Waals surface area contributed by atoms with Gasteiger partial charge in [0.25, 0.3) is 5.91 Å². The highest BCUT2D eigenvalue weighted by molar-refractivity contribution is 7.13. The van der Waals surface area contributed by atoms with E-state index in [-0.39, 0.29) is 11.8 Å². The lowest BCUT2D eigenvalue weighted by atomic mass is 10.2. The van der Waals surface area contributed by atoms with Crippen molar-refractivity contribution >= 4 is 23.2 Å². The molecule has 0 radical (unpaired) electrons. The van der Waals surface area contributed by atoms with E-state index in [0.29, 0.717) is 45.0 Å². The van der Waals surface area contributed by atoms with Gasteiger partial charge in [-0.3, -0.25) is 14.5 Å². The number of hydrogen-bond donors (Lipinski definition) is 1. The first-order chi connectivity index (χ1) is 15.6. The summed E-state index contributed by atoms with van der Waals surface area (Å²) in [6.45, 7) is 3.33. The van der Waals surface area contributed by atoms with E-state index in [1.807, 2.05) is 54.6 Å². The predicted molar refractivity (Wildman–Crippen MR) is 125 cm³/mol. The van der Waals surface area contributed by atoms with Gasteiger partial charge in [-0.2, -0.15) is 0 Å². The summed E-state index contributed by atoms with van der Waals surface area (Å²) in [4.78, 5) is 33.6. The van der Waals surface area contributed by atoms with Crippen molar-refractivity contribution < 1.29 is 14.3 Å². The van der Waals surface area contributed by atoms with Crippen LogP contribution >= 0.6 is 11.3 Å². The van der Waals surface area contributed by atoms with E-state index in [1.54, 1.807) is 17.4 Å². The van der Waals surface area contributed by atoms with Gasteiger partial charge in [0.05, 0.1) is 19.2 Å². The standard InChI is InChI=1S/C24H26N4O3S/c1-31-21-10-6-5-9-19(21)23-26-20(17-32-23)24(30)28-13-11-27(12-14-28)16-22(29)25-15-18-7-3-2-4-8-18/h2-10,17H,11-16H2,1H3,(H,25,29). The maximum atomic E-state index is 12.9. The molecule has 0 saturated carbocycles. The van der Waals surface area contributed by atoms with Crippen molar-refractivity contribution in [3.63, 3.8) is 0 Å². The van der Waals surface area contributed by atoms with Crippen molar-refractivity contribution in [2.75, 3.05) is 39.8 Å². The van der Waals surface area contributed by atoms with Gasteiger partial charge < -0.3 is 15.0 Å². The molecule has 0 unspecified atom stereocenters. The van der Waals surface area contributed by atoms with Crippen LogP contribution in [0.5, 0.6) is 5.75 Å². The van der Waals surface area contributed by atoms with Gasteiger partial charge >= 0.3 is 0 Å². The molecule has 32 heavy (non-hydrogen) atoms. The Labute approximate surface area is 191 Å². The molecule has 7 nitrogen and oxygen atoms in total. The van der Waals surface area contributed by atoms with Crippen molar-refractivity contribution in [2.24, 2.45) is 0 Å². The van der Waals surface area contributed by atoms with E-state index in [2.05, 4.69) is 15.2 Å². The number of amides is 2. The molecule has 2 amide bonds. The molecule has 1 aliphatic heterocycles. The first-order valence-electron chi connectivity index (χ1n) is 10.5. The number of aromatic nitrogens is 1. The summed E-state index contributed by atoms with van der Waals surface area (Å²) in [5, 5.41) is 5.52. The molecule has 1 fully saturated rings. The summed E-state index contributed by atoms with van der Waals surface area (Å²) in [6.07, 6.45) is 0. The molecule has 166 valence electrons. The molecular weight excluding hydrogens is 424 g/mol. The summed E-state index contributed by atoms with van der Waals surface area (Å²) >= 11 is 1.44. The van der Waals surface area contributed by atoms with Gasteiger partial charge in [0.15, 0.2) is 0 Å². The number of rotatable bonds is 7. The fourth-order valence-electron chi connectivity index (χ4n) is 3.64. The average Bonchev–Trinajstić information content (AvgIpc) is 3.33. The van der Waals surface area contributed by atoms with Crippen molar-refractivity contribution in [2.45, 2.75) is 6.54 Å². The maximum absolute atomic E-state index is 12.9. The summed E-state index contributed by atoms with van der Waals surface area (Å²) in [5.74, 6) is 0.658. The Balaban J connectivity index is 1.27. The Bertz CT molecular complexity index is 1060. The smallest absolute Gasteiger partial charge is 0.273 e. The molecule has 1 aliphatic rings. The third kappa shape index (κ3) is 5.33. The van der Waals surface area contributed by atoms with Crippen LogP contribution in [-0.2, 0) is 11.3 Å². The molecule has 8 heteroatoms. The van der Waals surface area contributed by atoms with E-state index < -0.39 is 0 Å². The van der Waals surface area contributed by atoms with Crippen molar-refractivity contribution in [1.29, 1.82) is 0 Å². The normalized spacial score (nSPS) is 14.2. The number of carbonyl (C=O) groups excluding carboxylic acids is 2. The zero-order valence-corrected chi connectivity index (χ0v) is 18.8. The third-order valence-electron chi connectivity index (χ3n) is 5.42. The quantitative estimate of drug-likeness (QED) is 0.599. The molecule has 2 heterocycles. The molecule has 0 spiro atoms. The Morgan fingerprint density at radius 2 is 1.75 bits per heavy atom. The number of ether oxygens (including phenoxy) is 1. The van der Waals surface area contributed by atoms with Gasteiger partial charge in [0.1, 0.15) is 16.5 Å². The fraction of sp³-hybridized carbons (Fsp3) is 0.292. The van der Waals surface area contributed by atoms with Gasteiger partial charge in [-0.15, -0.1) is 11.3 Å². The van der Waals surface area contributed by atoms with Crippen LogP contribution in [0.25, 0.3) is 10.6 Å². The lowest BCUT2D eigenvalue weighted by Crippen LogP contribution is -2.51. The first kappa shape index (κ1) is 22.0. The molecule has 3 aromatic rings. The zero-order valence-electron chi connectivity index (χ0n) is 18.0. The molecule has 0 atom stereocenters. The van der Waals surface area contributed by atoms with Crippen LogP contribution in [0.1, 0.15) is 16.1 Å². The Kier molecular flexibility index (Phi) is 7.14. The van der Waals surface area contributed by atoms with E-state index in [4.69, 9.17) is 4.74 Å². The largest absolute Gasteiger partial charge is 0.496 e. The Hall–Kier alpha value is -3.23. The van der Waals surface area contributed by atoms with E-state index in [1.165, 1.54) is 11.3 Å². The van der Waals surface area contributed by atoms with Gasteiger partial charge in [-0.25, -0.2) is 4.98 Å². The van der Waals surface area contributed by atoms with Crippen LogP contribution in [0, 0.1) is 0 Å². The van der Waals surface area contributed by atoms with Gasteiger partial charge in [-0.05, 0) is 17.7 Å². The number of nitrogens with zero attached hydrogens (tertiary/aromatic N) is 3. The average molecular weight is 451 g/mol. The molecule has 1 N–H and O–H groups in total. The van der Waals surface area contributed by atoms with Crippen molar-refractivity contribution in [3.8, 4) is 16.3 Å². The lowest BCUT2D eigenvalue weighted by molar-refractivity contribution is -0.122. The number of para-hydroxylation sites is 1. The van der Waals surface area contributed by atoms with Crippen LogP contribution < -0.4 is 10.1 Å². The molecule has 4 rings (SSSR count). The summed E-state index contributed by atoms with van der Waals surface area (Å²) in [5.41, 5.74) is 2.40. The highest BCUT2D eigenvalue weighted by Crippen LogP contribution is 2.32. The number of piperazine rings is 1. The van der Waals surface area contributed by atoms with E-state index in [0.717, 1.165) is 21.9 Å². The van der Waals surface area contributed by atoms with Crippen molar-refractivity contribution in [1.82, 2.24) is 20.1 Å². The van der Waals surface area contributed by atoms with Crippen LogP contribution in [0.3, 0.4) is 0 Å². The van der Waals surface area contributed by atoms with Crippen LogP contribution in [0.4, 0.5) is 0 Å². The number of thiazole rings is 1. The second-order valence-electron chi connectivity index (χ2n) is 7.57. The monoisotopic (exact) mass is 450 g/mol. The minimum absolute atomic E-state index is 0.00502. The van der Waals surface area contributed by atoms with E-state index in [9.17, 15) is 9.59 Å². The lowest BCUT2D eigenvalue weighted by Gasteiger charge is -2.34. The van der Waals surface area contributed by atoms with E-state index >= 15 is 0 Å². The summed E-state index contributed by atoms with van der Waals surface area (Å²) < 4.78 is 5.40. The topological polar surface area (TPSA) is 74.8 Å². The summed E-state index contributed by atoms with van der Waals surface area (Å²) in [6, 6.07) is 17.5. The first-order valence-corrected chi connectivity index (χ1v) is 11.4. The molecule has 1 aromatic heterocycles. The molecule has 0 bridgehead atoms. The number of nitrogens with one attached hydrogen (secondary N) is 1. The minimum Gasteiger partial charge on any atom is -0.496 e. The number of benzene rings is 2. The van der Waals surface area contributed by atoms with Crippen LogP contribution in [0.15, 0.2) is 60.0 Å². The Morgan fingerprint density at radius 3 is 2.50 bits per heavy atom. The molecule has 2 aromatic carbocycles. The SMILES string of the molecule is COc1ccccc1-c1nc(C(=O)N2CCN(CC(=O)NCc3ccccc3)CC2)cs1. The van der Waals surface area contributed by atoms with Gasteiger partial charge in [0.2, 0.25) is 5.91 Å². The second kappa shape index (κ2) is 10.4. The molecule has 1 saturated heterocycles. The van der Waals surface area contributed by atoms with Crippen molar-refractivity contribution in [3.05, 3.63) is 71.2 Å². The predicted octanol–water partition coefficient (Wildman–Crippen LogP) is 2.89. The number of methoxy groups -OCH3 is 1. The molecule has 0 aliphatic carbocycles. The number of hydrogen-bond acceptors (Lipinski definition) is 6.